The van der Waals surface area contributed by atoms with Crippen molar-refractivity contribution in [2.45, 2.75) is 25.3 Å². The molecule has 5 nitrogen and oxygen atoms in total. The van der Waals surface area contributed by atoms with Crippen LogP contribution in [0.25, 0.3) is 11.1 Å². The third-order valence-electron chi connectivity index (χ3n) is 5.55. The minimum Gasteiger partial charge on any atom is -0.384 e. The Labute approximate surface area is 153 Å². The summed E-state index contributed by atoms with van der Waals surface area (Å²) < 4.78 is 7.00. The Bertz CT molecular complexity index is 859. The van der Waals surface area contributed by atoms with Gasteiger partial charge in [0.15, 0.2) is 0 Å². The Kier molecular flexibility index (Phi) is 4.64. The molecule has 4 rings (SSSR count). The third-order valence-corrected chi connectivity index (χ3v) is 5.55. The Morgan fingerprint density at radius 1 is 1.12 bits per heavy atom. The summed E-state index contributed by atoms with van der Waals surface area (Å²) in [5.41, 5.74) is 3.38. The van der Waals surface area contributed by atoms with Crippen LogP contribution in [0.4, 0.5) is 0 Å². The minimum absolute atomic E-state index is 0.0635. The SMILES string of the molecule is COCCC(=O)N1C[C@H]2C[C@H](C1)c1c(-c3ccccc3)ccc(=O)n1C2. The maximum absolute atomic E-state index is 12.5. The summed E-state index contributed by atoms with van der Waals surface area (Å²) >= 11 is 0. The van der Waals surface area contributed by atoms with Crippen LogP contribution in [-0.4, -0.2) is 42.2 Å². The number of likely N-dealkylation sites (tertiary alicyclic amines) is 1. The molecule has 1 fully saturated rings. The molecule has 1 aromatic carbocycles. The average Bonchev–Trinajstić information content (AvgIpc) is 2.67. The number of methoxy groups -OCH3 is 1. The van der Waals surface area contributed by atoms with Crippen molar-refractivity contribution in [2.24, 2.45) is 5.92 Å². The number of amides is 1. The van der Waals surface area contributed by atoms with Crippen molar-refractivity contribution in [3.05, 3.63) is 58.5 Å². The Morgan fingerprint density at radius 2 is 1.92 bits per heavy atom. The molecule has 1 saturated heterocycles. The Morgan fingerprint density at radius 3 is 2.69 bits per heavy atom. The van der Waals surface area contributed by atoms with E-state index >= 15 is 0 Å². The molecule has 2 aromatic rings. The van der Waals surface area contributed by atoms with Crippen molar-refractivity contribution in [1.82, 2.24) is 9.47 Å². The Balaban J connectivity index is 1.71. The van der Waals surface area contributed by atoms with E-state index in [4.69, 9.17) is 4.74 Å². The first kappa shape index (κ1) is 17.0. The van der Waals surface area contributed by atoms with Gasteiger partial charge in [-0.05, 0) is 24.0 Å². The van der Waals surface area contributed by atoms with Crippen LogP contribution in [0.2, 0.25) is 0 Å². The standard InChI is InChI=1S/C21H24N2O3/c1-26-10-9-19(24)22-12-15-11-17(14-22)21-18(16-5-3-2-4-6-16)7-8-20(25)23(21)13-15/h2-8,15,17H,9-14H2,1H3/t15-,17-/m1/s1. The van der Waals surface area contributed by atoms with E-state index in [1.54, 1.807) is 13.2 Å². The number of ether oxygens (including phenoxy) is 1. The molecular weight excluding hydrogens is 328 g/mol. The molecule has 5 heteroatoms. The first-order valence-electron chi connectivity index (χ1n) is 9.23. The predicted molar refractivity (Wildman–Crippen MR) is 100 cm³/mol. The molecule has 1 amide bonds. The van der Waals surface area contributed by atoms with Gasteiger partial charge in [-0.15, -0.1) is 0 Å². The highest BCUT2D eigenvalue weighted by atomic mass is 16.5. The summed E-state index contributed by atoms with van der Waals surface area (Å²) in [7, 11) is 1.62. The second-order valence-corrected chi connectivity index (χ2v) is 7.29. The van der Waals surface area contributed by atoms with Gasteiger partial charge in [-0.1, -0.05) is 30.3 Å². The molecule has 0 unspecified atom stereocenters. The van der Waals surface area contributed by atoms with E-state index in [-0.39, 0.29) is 17.4 Å². The smallest absolute Gasteiger partial charge is 0.250 e. The van der Waals surface area contributed by atoms with E-state index in [9.17, 15) is 9.59 Å². The number of piperidine rings is 1. The maximum atomic E-state index is 12.5. The number of carbonyl (C=O) groups excluding carboxylic acids is 1. The van der Waals surface area contributed by atoms with Gasteiger partial charge in [-0.3, -0.25) is 9.59 Å². The van der Waals surface area contributed by atoms with Gasteiger partial charge in [0.25, 0.3) is 5.56 Å². The predicted octanol–water partition coefficient (Wildman–Crippen LogP) is 2.50. The minimum atomic E-state index is 0.0635. The van der Waals surface area contributed by atoms with Gasteiger partial charge in [-0.25, -0.2) is 0 Å². The third kappa shape index (κ3) is 3.07. The van der Waals surface area contributed by atoms with Crippen molar-refractivity contribution in [3.8, 4) is 11.1 Å². The highest BCUT2D eigenvalue weighted by molar-refractivity contribution is 5.76. The van der Waals surface area contributed by atoms with E-state index in [2.05, 4.69) is 12.1 Å². The van der Waals surface area contributed by atoms with E-state index in [1.165, 1.54) is 0 Å². The summed E-state index contributed by atoms with van der Waals surface area (Å²) in [4.78, 5) is 27.0. The highest BCUT2D eigenvalue weighted by Gasteiger charge is 2.37. The summed E-state index contributed by atoms with van der Waals surface area (Å²) in [6.45, 7) is 2.57. The van der Waals surface area contributed by atoms with E-state index in [0.29, 0.717) is 32.0 Å². The van der Waals surface area contributed by atoms with E-state index in [1.807, 2.05) is 33.7 Å². The number of pyridine rings is 1. The normalized spacial score (nSPS) is 21.3. The summed E-state index contributed by atoms with van der Waals surface area (Å²) in [5, 5.41) is 0. The number of aromatic nitrogens is 1. The monoisotopic (exact) mass is 352 g/mol. The van der Waals surface area contributed by atoms with Crippen molar-refractivity contribution in [2.75, 3.05) is 26.8 Å². The van der Waals surface area contributed by atoms with E-state index in [0.717, 1.165) is 29.8 Å². The second-order valence-electron chi connectivity index (χ2n) is 7.29. The fourth-order valence-electron chi connectivity index (χ4n) is 4.43. The van der Waals surface area contributed by atoms with Crippen LogP contribution in [0.1, 0.15) is 24.5 Å². The fourth-order valence-corrected chi connectivity index (χ4v) is 4.43. The molecule has 0 spiro atoms. The van der Waals surface area contributed by atoms with Crippen LogP contribution >= 0.6 is 0 Å². The average molecular weight is 352 g/mol. The molecular formula is C21H24N2O3. The first-order valence-corrected chi connectivity index (χ1v) is 9.23. The van der Waals surface area contributed by atoms with Gasteiger partial charge in [0.05, 0.1) is 13.0 Å². The van der Waals surface area contributed by atoms with Gasteiger partial charge >= 0.3 is 0 Å². The molecule has 3 heterocycles. The highest BCUT2D eigenvalue weighted by Crippen LogP contribution is 2.39. The van der Waals surface area contributed by atoms with Crippen LogP contribution < -0.4 is 5.56 Å². The van der Waals surface area contributed by atoms with E-state index < -0.39 is 0 Å². The molecule has 26 heavy (non-hydrogen) atoms. The summed E-state index contributed by atoms with van der Waals surface area (Å²) in [5.74, 6) is 0.698. The van der Waals surface area contributed by atoms with Gasteiger partial charge in [0.1, 0.15) is 0 Å². The number of hydrogen-bond donors (Lipinski definition) is 0. The molecule has 2 bridgehead atoms. The lowest BCUT2D eigenvalue weighted by atomic mass is 9.80. The number of fused-ring (bicyclic) bond motifs is 4. The quantitative estimate of drug-likeness (QED) is 0.849. The molecule has 0 aliphatic carbocycles. The van der Waals surface area contributed by atoms with Crippen LogP contribution in [0.15, 0.2) is 47.3 Å². The lowest BCUT2D eigenvalue weighted by molar-refractivity contribution is -0.134. The second kappa shape index (κ2) is 7.08. The lowest BCUT2D eigenvalue weighted by Gasteiger charge is -2.43. The van der Waals surface area contributed by atoms with Crippen molar-refractivity contribution >= 4 is 5.91 Å². The molecule has 0 N–H and O–H groups in total. The molecule has 2 atom stereocenters. The van der Waals surface area contributed by atoms with Crippen molar-refractivity contribution < 1.29 is 9.53 Å². The van der Waals surface area contributed by atoms with Crippen molar-refractivity contribution in [3.63, 3.8) is 0 Å². The molecule has 2 aliphatic heterocycles. The molecule has 2 aliphatic rings. The molecule has 0 radical (unpaired) electrons. The Hall–Kier alpha value is -2.40. The fraction of sp³-hybridized carbons (Fsp3) is 0.429. The zero-order valence-electron chi connectivity index (χ0n) is 15.1. The van der Waals surface area contributed by atoms with Gasteiger partial charge < -0.3 is 14.2 Å². The lowest BCUT2D eigenvalue weighted by Crippen LogP contribution is -2.49. The van der Waals surface area contributed by atoms with Crippen LogP contribution in [0.5, 0.6) is 0 Å². The maximum Gasteiger partial charge on any atom is 0.250 e. The number of carbonyl (C=O) groups is 1. The van der Waals surface area contributed by atoms with Crippen LogP contribution in [-0.2, 0) is 16.1 Å². The summed E-state index contributed by atoms with van der Waals surface area (Å²) in [6.07, 6.45) is 1.46. The summed E-state index contributed by atoms with van der Waals surface area (Å²) in [6, 6.07) is 13.8. The first-order chi connectivity index (χ1) is 12.7. The molecule has 0 saturated carbocycles. The number of hydrogen-bond acceptors (Lipinski definition) is 3. The molecule has 1 aromatic heterocycles. The number of benzene rings is 1. The van der Waals surface area contributed by atoms with Crippen molar-refractivity contribution in [1.29, 1.82) is 0 Å². The van der Waals surface area contributed by atoms with Gasteiger partial charge in [-0.2, -0.15) is 0 Å². The number of nitrogens with zero attached hydrogens (tertiary/aromatic N) is 2. The largest absolute Gasteiger partial charge is 0.384 e. The molecule has 136 valence electrons. The topological polar surface area (TPSA) is 51.5 Å². The van der Waals surface area contributed by atoms with Gasteiger partial charge in [0.2, 0.25) is 5.91 Å². The zero-order valence-corrected chi connectivity index (χ0v) is 15.1. The van der Waals surface area contributed by atoms with Gasteiger partial charge in [0, 0.05) is 50.0 Å². The number of rotatable bonds is 4. The van der Waals surface area contributed by atoms with Crippen LogP contribution in [0.3, 0.4) is 0 Å². The zero-order chi connectivity index (χ0) is 18.1. The van der Waals surface area contributed by atoms with Crippen LogP contribution in [0, 0.1) is 5.92 Å².